The van der Waals surface area contributed by atoms with Crippen molar-refractivity contribution in [3.8, 4) is 0 Å². The van der Waals surface area contributed by atoms with Crippen molar-refractivity contribution in [2.45, 2.75) is 18.2 Å². The van der Waals surface area contributed by atoms with Gasteiger partial charge in [0.15, 0.2) is 10.9 Å². The SMILES string of the molecule is CCOC(=O)N1CCN(S(=O)(=O)c2ccc(C(=O)N(CCCN3CCOCC3)c3nc4c(F)cc(F)cc4s3)cc2)CC1.Cl. The van der Waals surface area contributed by atoms with E-state index in [1.165, 1.54) is 44.4 Å². The molecule has 44 heavy (non-hydrogen) atoms. The minimum atomic E-state index is -3.86. The number of ether oxygens (including phenoxy) is 2. The lowest BCUT2D eigenvalue weighted by Crippen LogP contribution is -2.50. The van der Waals surface area contributed by atoms with Crippen LogP contribution in [0.2, 0.25) is 0 Å². The predicted molar refractivity (Wildman–Crippen MR) is 164 cm³/mol. The summed E-state index contributed by atoms with van der Waals surface area (Å²) in [5.74, 6) is -1.98. The molecule has 0 aliphatic carbocycles. The first-order chi connectivity index (χ1) is 20.7. The Morgan fingerprint density at radius 2 is 1.73 bits per heavy atom. The van der Waals surface area contributed by atoms with Crippen molar-refractivity contribution in [1.29, 1.82) is 0 Å². The Morgan fingerprint density at radius 3 is 2.39 bits per heavy atom. The monoisotopic (exact) mass is 673 g/mol. The van der Waals surface area contributed by atoms with Gasteiger partial charge in [0.25, 0.3) is 5.91 Å². The van der Waals surface area contributed by atoms with E-state index >= 15 is 0 Å². The van der Waals surface area contributed by atoms with Crippen LogP contribution < -0.4 is 4.90 Å². The fourth-order valence-corrected chi connectivity index (χ4v) is 7.47. The minimum absolute atomic E-state index is 0. The van der Waals surface area contributed by atoms with E-state index in [9.17, 15) is 26.8 Å². The van der Waals surface area contributed by atoms with Gasteiger partial charge in [0.2, 0.25) is 10.0 Å². The van der Waals surface area contributed by atoms with Gasteiger partial charge in [-0.2, -0.15) is 4.31 Å². The largest absolute Gasteiger partial charge is 0.450 e. The third-order valence-corrected chi connectivity index (χ3v) is 10.3. The van der Waals surface area contributed by atoms with Crippen LogP contribution in [-0.4, -0.2) is 112 Å². The quantitative estimate of drug-likeness (QED) is 0.337. The molecule has 3 heterocycles. The first kappa shape index (κ1) is 33.9. The van der Waals surface area contributed by atoms with Crippen LogP contribution >= 0.6 is 23.7 Å². The number of morpholine rings is 1. The highest BCUT2D eigenvalue weighted by Crippen LogP contribution is 2.32. The molecule has 0 bridgehead atoms. The fraction of sp³-hybridized carbons (Fsp3) is 0.464. The number of benzene rings is 2. The number of hydrogen-bond acceptors (Lipinski definition) is 9. The van der Waals surface area contributed by atoms with Gasteiger partial charge in [-0.25, -0.2) is 27.0 Å². The van der Waals surface area contributed by atoms with Crippen molar-refractivity contribution in [2.75, 3.05) is 77.1 Å². The van der Waals surface area contributed by atoms with E-state index in [1.807, 2.05) is 0 Å². The molecule has 0 unspecified atom stereocenters. The second-order valence-electron chi connectivity index (χ2n) is 10.1. The zero-order valence-corrected chi connectivity index (χ0v) is 26.6. The topological polar surface area (TPSA) is 113 Å². The number of anilines is 1. The zero-order valence-electron chi connectivity index (χ0n) is 24.1. The average molecular weight is 674 g/mol. The van der Waals surface area contributed by atoms with Crippen molar-refractivity contribution < 1.29 is 36.3 Å². The number of sulfonamides is 1. The summed E-state index contributed by atoms with van der Waals surface area (Å²) in [6.45, 7) is 6.43. The molecule has 2 aromatic carbocycles. The van der Waals surface area contributed by atoms with Gasteiger partial charge in [0, 0.05) is 64.0 Å². The highest BCUT2D eigenvalue weighted by molar-refractivity contribution is 7.89. The molecule has 0 saturated carbocycles. The molecule has 2 saturated heterocycles. The molecular formula is C28H34ClF2N5O6S2. The lowest BCUT2D eigenvalue weighted by molar-refractivity contribution is 0.0376. The highest BCUT2D eigenvalue weighted by Gasteiger charge is 2.31. The van der Waals surface area contributed by atoms with Crippen LogP contribution in [-0.2, 0) is 19.5 Å². The molecule has 240 valence electrons. The van der Waals surface area contributed by atoms with Crippen LogP contribution in [0.1, 0.15) is 23.7 Å². The van der Waals surface area contributed by atoms with Crippen molar-refractivity contribution in [1.82, 2.24) is 19.1 Å². The Labute approximate surface area is 264 Å². The summed E-state index contributed by atoms with van der Waals surface area (Å²) < 4.78 is 66.8. The van der Waals surface area contributed by atoms with Crippen molar-refractivity contribution >= 4 is 61.1 Å². The lowest BCUT2D eigenvalue weighted by Gasteiger charge is -2.33. The highest BCUT2D eigenvalue weighted by atomic mass is 35.5. The Hall–Kier alpha value is -2.95. The fourth-order valence-electron chi connectivity index (χ4n) is 5.02. The Balaban J connectivity index is 0.00000442. The first-order valence-corrected chi connectivity index (χ1v) is 16.3. The lowest BCUT2D eigenvalue weighted by atomic mass is 10.2. The molecule has 11 nitrogen and oxygen atoms in total. The Kier molecular flexibility index (Phi) is 11.5. The molecule has 2 aliphatic heterocycles. The summed E-state index contributed by atoms with van der Waals surface area (Å²) in [6, 6.07) is 7.56. The summed E-state index contributed by atoms with van der Waals surface area (Å²) in [4.78, 5) is 35.2. The van der Waals surface area contributed by atoms with Crippen molar-refractivity contribution in [3.05, 3.63) is 53.6 Å². The van der Waals surface area contributed by atoms with Gasteiger partial charge < -0.3 is 14.4 Å². The summed E-state index contributed by atoms with van der Waals surface area (Å²) in [7, 11) is -3.86. The van der Waals surface area contributed by atoms with Crippen LogP contribution in [0.25, 0.3) is 10.2 Å². The smallest absolute Gasteiger partial charge is 0.409 e. The second-order valence-corrected chi connectivity index (χ2v) is 13.1. The first-order valence-electron chi connectivity index (χ1n) is 14.1. The average Bonchev–Trinajstić information content (AvgIpc) is 3.44. The molecule has 2 amide bonds. The third kappa shape index (κ3) is 7.64. The summed E-state index contributed by atoms with van der Waals surface area (Å²) in [5.41, 5.74) is 0.209. The predicted octanol–water partition coefficient (Wildman–Crippen LogP) is 3.83. The molecule has 0 radical (unpaired) electrons. The third-order valence-electron chi connectivity index (χ3n) is 7.34. The second kappa shape index (κ2) is 14.9. The number of piperazine rings is 1. The standard InChI is InChI=1S/C28H33F2N5O6S2.ClH/c1-2-41-28(37)33-10-12-34(13-11-33)43(38,39)22-6-4-20(5-7-22)26(36)35(9-3-8-32-14-16-40-17-15-32)27-31-25-23(30)18-21(29)19-24(25)42-27;/h4-7,18-19H,2-3,8-17H2,1H3;1H. The normalized spacial score (nSPS) is 16.5. The van der Waals surface area contributed by atoms with Gasteiger partial charge in [-0.15, -0.1) is 12.4 Å². The van der Waals surface area contributed by atoms with Crippen LogP contribution in [0.15, 0.2) is 41.3 Å². The van der Waals surface area contributed by atoms with Gasteiger partial charge in [-0.05, 0) is 43.7 Å². The number of halogens is 3. The van der Waals surface area contributed by atoms with E-state index in [0.717, 1.165) is 30.5 Å². The van der Waals surface area contributed by atoms with E-state index in [4.69, 9.17) is 9.47 Å². The van der Waals surface area contributed by atoms with E-state index in [1.54, 1.807) is 6.92 Å². The molecule has 0 N–H and O–H groups in total. The van der Waals surface area contributed by atoms with E-state index < -0.39 is 33.7 Å². The Bertz CT molecular complexity index is 1560. The molecule has 2 aliphatic rings. The summed E-state index contributed by atoms with van der Waals surface area (Å²) in [5, 5.41) is 0.225. The number of carbonyl (C=O) groups excluding carboxylic acids is 2. The maximum atomic E-state index is 14.4. The van der Waals surface area contributed by atoms with E-state index in [0.29, 0.717) is 26.2 Å². The van der Waals surface area contributed by atoms with Gasteiger partial charge >= 0.3 is 6.09 Å². The summed E-state index contributed by atoms with van der Waals surface area (Å²) >= 11 is 1.01. The number of amides is 2. The van der Waals surface area contributed by atoms with E-state index in [2.05, 4.69) is 9.88 Å². The number of hydrogen-bond donors (Lipinski definition) is 0. The molecule has 1 aromatic heterocycles. The van der Waals surface area contributed by atoms with Gasteiger partial charge in [0.1, 0.15) is 11.3 Å². The maximum absolute atomic E-state index is 14.4. The van der Waals surface area contributed by atoms with Gasteiger partial charge in [0.05, 0.1) is 29.4 Å². The van der Waals surface area contributed by atoms with Gasteiger partial charge in [-0.3, -0.25) is 14.6 Å². The minimum Gasteiger partial charge on any atom is -0.450 e. The number of thiazole rings is 1. The molecule has 0 atom stereocenters. The van der Waals surface area contributed by atoms with Crippen LogP contribution in [0.5, 0.6) is 0 Å². The zero-order chi connectivity index (χ0) is 30.6. The number of rotatable bonds is 9. The van der Waals surface area contributed by atoms with Crippen LogP contribution in [0, 0.1) is 11.6 Å². The number of carbonyl (C=O) groups is 2. The van der Waals surface area contributed by atoms with Crippen molar-refractivity contribution in [3.63, 3.8) is 0 Å². The number of nitrogens with zero attached hydrogens (tertiary/aromatic N) is 5. The molecule has 3 aromatic rings. The molecule has 0 spiro atoms. The number of aromatic nitrogens is 1. The van der Waals surface area contributed by atoms with E-state index in [-0.39, 0.29) is 77.5 Å². The molecule has 16 heteroatoms. The van der Waals surface area contributed by atoms with Crippen molar-refractivity contribution in [2.24, 2.45) is 0 Å². The van der Waals surface area contributed by atoms with Crippen LogP contribution in [0.3, 0.4) is 0 Å². The summed E-state index contributed by atoms with van der Waals surface area (Å²) in [6.07, 6.45) is 0.126. The molecular weight excluding hydrogens is 640 g/mol. The van der Waals surface area contributed by atoms with Crippen LogP contribution in [0.4, 0.5) is 18.7 Å². The Morgan fingerprint density at radius 1 is 1.05 bits per heavy atom. The van der Waals surface area contributed by atoms with Gasteiger partial charge in [-0.1, -0.05) is 11.3 Å². The number of fused-ring (bicyclic) bond motifs is 1. The molecule has 5 rings (SSSR count). The molecule has 2 fully saturated rings. The maximum Gasteiger partial charge on any atom is 0.409 e.